The summed E-state index contributed by atoms with van der Waals surface area (Å²) in [5.41, 5.74) is 0. The van der Waals surface area contributed by atoms with Crippen LogP contribution >= 0.6 is 21.6 Å². The van der Waals surface area contributed by atoms with Gasteiger partial charge in [-0.1, -0.05) is 28.1 Å². The van der Waals surface area contributed by atoms with Crippen molar-refractivity contribution < 1.29 is 51.8 Å². The number of ether oxygens (including phenoxy) is 2. The molecule has 0 aromatic rings. The third-order valence-corrected chi connectivity index (χ3v) is 2.21. The first kappa shape index (κ1) is 19.5. The molecule has 0 aromatic carbocycles. The average Bonchev–Trinajstić information content (AvgIpc) is 2.06. The molecule has 0 heterocycles. The van der Waals surface area contributed by atoms with E-state index in [1.54, 1.807) is 7.11 Å². The first-order valence-corrected chi connectivity index (χ1v) is 5.33. The topological polar surface area (TPSA) is 52.6 Å². The van der Waals surface area contributed by atoms with Crippen molar-refractivity contribution in [3.8, 4) is 0 Å². The first-order valence-electron chi connectivity index (χ1n) is 2.84. The Balaban J connectivity index is -0.000000220. The fourth-order valence-corrected chi connectivity index (χ4v) is 1.33. The number of methoxy groups -OCH3 is 1. The van der Waals surface area contributed by atoms with Crippen molar-refractivity contribution in [3.63, 3.8) is 0 Å². The zero-order valence-corrected chi connectivity index (χ0v) is 11.9. The second-order valence-corrected chi connectivity index (χ2v) is 3.55. The Hall–Kier alpha value is 0.904. The molecule has 0 saturated heterocycles. The van der Waals surface area contributed by atoms with E-state index in [0.29, 0.717) is 11.9 Å². The second kappa shape index (κ2) is 23.1. The van der Waals surface area contributed by atoms with Crippen LogP contribution in [0.3, 0.4) is 0 Å². The molecule has 0 bridgehead atoms. The Labute approximate surface area is 111 Å². The van der Waals surface area contributed by atoms with Gasteiger partial charge in [0, 0.05) is 39.8 Å². The van der Waals surface area contributed by atoms with Crippen LogP contribution in [0.1, 0.15) is 6.92 Å². The number of rotatable bonds is 6. The molecule has 0 unspecified atom stereocenters. The standard InChI is InChI=1S/C4H7O3S2.C2H3O.Y/c1-6-3-8-9-4-7-2-5;1-2-3;/h3-4H2,1H3;1H3;/q2*-1;. The van der Waals surface area contributed by atoms with Gasteiger partial charge in [-0.15, -0.1) is 0 Å². The van der Waals surface area contributed by atoms with Gasteiger partial charge in [0.1, 0.15) is 11.9 Å². The van der Waals surface area contributed by atoms with Crippen molar-refractivity contribution in [2.24, 2.45) is 0 Å². The molecule has 7 heteroatoms. The van der Waals surface area contributed by atoms with Gasteiger partial charge in [0.15, 0.2) is 0 Å². The molecule has 0 aliphatic rings. The fraction of sp³-hybridized carbons (Fsp3) is 0.667. The van der Waals surface area contributed by atoms with E-state index in [9.17, 15) is 4.79 Å². The minimum absolute atomic E-state index is 0. The summed E-state index contributed by atoms with van der Waals surface area (Å²) >= 11 is 0. The monoisotopic (exact) mass is 299 g/mol. The van der Waals surface area contributed by atoms with Gasteiger partial charge in [-0.2, -0.15) is 6.92 Å². The maximum Gasteiger partial charge on any atom is 0.107 e. The molecule has 4 nitrogen and oxygen atoms in total. The van der Waals surface area contributed by atoms with Crippen molar-refractivity contribution in [3.05, 3.63) is 0 Å². The van der Waals surface area contributed by atoms with Crippen molar-refractivity contribution in [1.29, 1.82) is 0 Å². The molecule has 0 rings (SSSR count). The van der Waals surface area contributed by atoms with E-state index >= 15 is 0 Å². The van der Waals surface area contributed by atoms with Crippen LogP contribution in [-0.4, -0.2) is 31.7 Å². The van der Waals surface area contributed by atoms with Crippen molar-refractivity contribution >= 4 is 34.3 Å². The number of hydrogen-bond donors (Lipinski definition) is 0. The van der Waals surface area contributed by atoms with Crippen LogP contribution in [0.2, 0.25) is 0 Å². The molecule has 13 heavy (non-hydrogen) atoms. The molecule has 0 amide bonds. The molecule has 0 aliphatic heterocycles. The van der Waals surface area contributed by atoms with E-state index in [2.05, 4.69) is 4.74 Å². The van der Waals surface area contributed by atoms with E-state index in [0.717, 1.165) is 0 Å². The van der Waals surface area contributed by atoms with Gasteiger partial charge >= 0.3 is 0 Å². The summed E-state index contributed by atoms with van der Waals surface area (Å²) in [7, 11) is 4.50. The number of carbonyl (C=O) groups excluding carboxylic acids is 2. The minimum Gasteiger partial charge on any atom is -0.645 e. The summed E-state index contributed by atoms with van der Waals surface area (Å²) in [5, 5.41) is 0. The molecule has 0 aliphatic carbocycles. The molecule has 0 saturated carbocycles. The quantitative estimate of drug-likeness (QED) is 0.317. The Morgan fingerprint density at radius 3 is 2.08 bits per heavy atom. The molecular formula is C6H10O4S2Y-2. The van der Waals surface area contributed by atoms with E-state index in [1.165, 1.54) is 41.3 Å². The fourth-order valence-electron chi connectivity index (χ4n) is 0.164. The molecule has 0 atom stereocenters. The van der Waals surface area contributed by atoms with Crippen LogP contribution in [0.25, 0.3) is 0 Å². The summed E-state index contributed by atoms with van der Waals surface area (Å²) in [6, 6.07) is 0. The van der Waals surface area contributed by atoms with Crippen LogP contribution in [0.4, 0.5) is 0 Å². The van der Waals surface area contributed by atoms with Crippen LogP contribution in [0.15, 0.2) is 0 Å². The van der Waals surface area contributed by atoms with Crippen molar-refractivity contribution in [2.45, 2.75) is 6.92 Å². The largest absolute Gasteiger partial charge is 0.645 e. The molecule has 0 spiro atoms. The van der Waals surface area contributed by atoms with Crippen LogP contribution in [-0.2, 0) is 51.8 Å². The first-order chi connectivity index (χ1) is 5.83. The zero-order chi connectivity index (χ0) is 9.66. The Morgan fingerprint density at radius 2 is 1.69 bits per heavy atom. The van der Waals surface area contributed by atoms with E-state index < -0.39 is 0 Å². The van der Waals surface area contributed by atoms with Crippen LogP contribution in [0.5, 0.6) is 0 Å². The Morgan fingerprint density at radius 1 is 1.23 bits per heavy atom. The SMILES string of the molecule is COCSSCO[C-]=O.C[C-]=O.[Y]. The van der Waals surface area contributed by atoms with E-state index in [4.69, 9.17) is 9.53 Å². The summed E-state index contributed by atoms with van der Waals surface area (Å²) in [6.45, 7) is 2.64. The Bertz CT molecular complexity index is 105. The summed E-state index contributed by atoms with van der Waals surface area (Å²) in [5.74, 6) is 0.935. The van der Waals surface area contributed by atoms with Crippen molar-refractivity contribution in [2.75, 3.05) is 19.0 Å². The van der Waals surface area contributed by atoms with Crippen molar-refractivity contribution in [1.82, 2.24) is 0 Å². The molecule has 0 N–H and O–H groups in total. The van der Waals surface area contributed by atoms with Gasteiger partial charge in [-0.25, -0.2) is 0 Å². The molecular weight excluding hydrogens is 289 g/mol. The molecule has 75 valence electrons. The minimum atomic E-state index is 0. The predicted octanol–water partition coefficient (Wildman–Crippen LogP) is 1.13. The molecule has 0 fully saturated rings. The van der Waals surface area contributed by atoms with Crippen LogP contribution in [0, 0.1) is 0 Å². The van der Waals surface area contributed by atoms with Gasteiger partial charge in [0.05, 0.1) is 0 Å². The zero-order valence-electron chi connectivity index (χ0n) is 7.44. The smallest absolute Gasteiger partial charge is 0.107 e. The normalized spacial score (nSPS) is 7.23. The van der Waals surface area contributed by atoms with Gasteiger partial charge < -0.3 is 19.1 Å². The summed E-state index contributed by atoms with van der Waals surface area (Å²) < 4.78 is 8.97. The summed E-state index contributed by atoms with van der Waals surface area (Å²) in [4.78, 5) is 18.1. The molecule has 1 radical (unpaired) electrons. The van der Waals surface area contributed by atoms with Gasteiger partial charge in [-0.05, 0) is 0 Å². The van der Waals surface area contributed by atoms with Gasteiger partial charge in [0.2, 0.25) is 0 Å². The Kier molecular flexibility index (Phi) is 34.5. The molecule has 0 aromatic heterocycles. The predicted molar refractivity (Wildman–Crippen MR) is 50.1 cm³/mol. The average molecular weight is 299 g/mol. The van der Waals surface area contributed by atoms with Gasteiger partial charge in [-0.3, -0.25) is 6.29 Å². The second-order valence-electron chi connectivity index (χ2n) is 1.19. The van der Waals surface area contributed by atoms with E-state index in [-0.39, 0.29) is 32.7 Å². The number of hydrogen-bond acceptors (Lipinski definition) is 6. The third-order valence-electron chi connectivity index (χ3n) is 0.415. The van der Waals surface area contributed by atoms with Gasteiger partial charge in [0.25, 0.3) is 0 Å². The summed E-state index contributed by atoms with van der Waals surface area (Å²) in [6.07, 6.45) is 1.50. The third kappa shape index (κ3) is 32.2. The maximum atomic E-state index is 9.44. The maximum absolute atomic E-state index is 9.44. The van der Waals surface area contributed by atoms with Crippen LogP contribution < -0.4 is 0 Å². The van der Waals surface area contributed by atoms with E-state index in [1.807, 2.05) is 0 Å².